The number of benzene rings is 1. The van der Waals surface area contributed by atoms with Crippen molar-refractivity contribution in [3.8, 4) is 0 Å². The maximum Gasteiger partial charge on any atom is 0.248 e. The molecule has 1 amide bonds. The second kappa shape index (κ2) is 7.98. The number of carbonyl (C=O) groups is 1. The maximum absolute atomic E-state index is 11.1. The van der Waals surface area contributed by atoms with Gasteiger partial charge in [0, 0.05) is 33.8 Å². The van der Waals surface area contributed by atoms with Crippen LogP contribution in [0, 0.1) is 0 Å². The number of guanidine groups is 1. The Morgan fingerprint density at radius 1 is 1.21 bits per heavy atom. The Bertz CT molecular complexity index is 448. The number of halogens is 1. The van der Waals surface area contributed by atoms with Crippen molar-refractivity contribution >= 4 is 35.8 Å². The molecule has 106 valence electrons. The third-order valence-electron chi connectivity index (χ3n) is 2.41. The minimum atomic E-state index is -0.415. The molecule has 0 spiro atoms. The Kier molecular flexibility index (Phi) is 7.43. The van der Waals surface area contributed by atoms with Crippen molar-refractivity contribution in [2.75, 3.05) is 28.2 Å². The molecular weight excluding hydrogens is 355 g/mol. The highest BCUT2D eigenvalue weighted by Crippen LogP contribution is 2.06. The van der Waals surface area contributed by atoms with Gasteiger partial charge in [-0.3, -0.25) is 4.79 Å². The van der Waals surface area contributed by atoms with Crippen LogP contribution in [0.25, 0.3) is 0 Å². The molecule has 0 aromatic heterocycles. The molecular formula is C13H21IN4O. The standard InChI is InChI=1S/C13H20N4O.HI/c1-16(2)13(17(3)4)15-9-10-6-5-7-11(8-10)12(14)18;/h5-8H,9H2,1-4H3,(H2,14,18);1H. The lowest BCUT2D eigenvalue weighted by Gasteiger charge is -2.22. The molecule has 0 aliphatic rings. The van der Waals surface area contributed by atoms with E-state index in [4.69, 9.17) is 5.73 Å². The fourth-order valence-corrected chi connectivity index (χ4v) is 1.67. The maximum atomic E-state index is 11.1. The number of nitrogens with two attached hydrogens (primary N) is 1. The van der Waals surface area contributed by atoms with Gasteiger partial charge in [-0.1, -0.05) is 12.1 Å². The van der Waals surface area contributed by atoms with Crippen LogP contribution in [0.1, 0.15) is 15.9 Å². The van der Waals surface area contributed by atoms with Crippen molar-refractivity contribution in [1.82, 2.24) is 9.80 Å². The summed E-state index contributed by atoms with van der Waals surface area (Å²) in [5.74, 6) is 0.459. The van der Waals surface area contributed by atoms with Crippen LogP contribution >= 0.6 is 24.0 Å². The van der Waals surface area contributed by atoms with E-state index in [-0.39, 0.29) is 24.0 Å². The predicted molar refractivity (Wildman–Crippen MR) is 88.9 cm³/mol. The number of primary amides is 1. The van der Waals surface area contributed by atoms with Gasteiger partial charge in [-0.05, 0) is 17.7 Å². The molecule has 5 nitrogen and oxygen atoms in total. The smallest absolute Gasteiger partial charge is 0.248 e. The van der Waals surface area contributed by atoms with E-state index in [2.05, 4.69) is 4.99 Å². The zero-order chi connectivity index (χ0) is 13.7. The van der Waals surface area contributed by atoms with Gasteiger partial charge in [-0.2, -0.15) is 0 Å². The number of rotatable bonds is 3. The summed E-state index contributed by atoms with van der Waals surface area (Å²) in [6.07, 6.45) is 0. The molecule has 19 heavy (non-hydrogen) atoms. The molecule has 1 rings (SSSR count). The topological polar surface area (TPSA) is 61.9 Å². The first-order valence-electron chi connectivity index (χ1n) is 5.69. The molecule has 0 atom stereocenters. The van der Waals surface area contributed by atoms with Crippen molar-refractivity contribution < 1.29 is 4.79 Å². The van der Waals surface area contributed by atoms with Crippen LogP contribution in [0.2, 0.25) is 0 Å². The van der Waals surface area contributed by atoms with Gasteiger partial charge >= 0.3 is 0 Å². The summed E-state index contributed by atoms with van der Waals surface area (Å²) in [5.41, 5.74) is 6.72. The minimum absolute atomic E-state index is 0. The molecule has 1 aromatic rings. The average molecular weight is 376 g/mol. The molecule has 0 heterocycles. The minimum Gasteiger partial charge on any atom is -0.366 e. The van der Waals surface area contributed by atoms with Crippen molar-refractivity contribution in [2.45, 2.75) is 6.54 Å². The largest absolute Gasteiger partial charge is 0.366 e. The normalized spacial score (nSPS) is 9.26. The fourth-order valence-electron chi connectivity index (χ4n) is 1.67. The second-order valence-corrected chi connectivity index (χ2v) is 4.47. The first-order valence-corrected chi connectivity index (χ1v) is 5.69. The first-order chi connectivity index (χ1) is 8.41. The van der Waals surface area contributed by atoms with E-state index in [0.717, 1.165) is 11.5 Å². The fraction of sp³-hybridized carbons (Fsp3) is 0.385. The summed E-state index contributed by atoms with van der Waals surface area (Å²) in [7, 11) is 7.77. The number of carbonyl (C=O) groups excluding carboxylic acids is 1. The lowest BCUT2D eigenvalue weighted by molar-refractivity contribution is 0.1000. The van der Waals surface area contributed by atoms with Gasteiger partial charge < -0.3 is 15.5 Å². The SMILES string of the molecule is CN(C)C(=NCc1cccc(C(N)=O)c1)N(C)C.I. The summed E-state index contributed by atoms with van der Waals surface area (Å²) in [6, 6.07) is 7.22. The Labute approximate surface area is 131 Å². The first kappa shape index (κ1) is 17.7. The summed E-state index contributed by atoms with van der Waals surface area (Å²) in [6.45, 7) is 0.521. The van der Waals surface area contributed by atoms with E-state index in [1.54, 1.807) is 12.1 Å². The van der Waals surface area contributed by atoms with E-state index >= 15 is 0 Å². The van der Waals surface area contributed by atoms with E-state index in [9.17, 15) is 4.79 Å². The molecule has 0 fully saturated rings. The molecule has 6 heteroatoms. The summed E-state index contributed by atoms with van der Waals surface area (Å²) in [4.78, 5) is 19.5. The quantitative estimate of drug-likeness (QED) is 0.493. The van der Waals surface area contributed by atoms with Gasteiger partial charge in [0.15, 0.2) is 5.96 Å². The van der Waals surface area contributed by atoms with Crippen molar-refractivity contribution in [2.24, 2.45) is 10.7 Å². The van der Waals surface area contributed by atoms with Crippen LogP contribution in [0.5, 0.6) is 0 Å². The van der Waals surface area contributed by atoms with Crippen molar-refractivity contribution in [3.05, 3.63) is 35.4 Å². The molecule has 0 unspecified atom stereocenters. The Morgan fingerprint density at radius 2 is 1.79 bits per heavy atom. The number of amides is 1. The highest BCUT2D eigenvalue weighted by Gasteiger charge is 2.05. The van der Waals surface area contributed by atoms with E-state index < -0.39 is 5.91 Å². The molecule has 0 saturated carbocycles. The van der Waals surface area contributed by atoms with Gasteiger partial charge in [0.25, 0.3) is 0 Å². The summed E-state index contributed by atoms with van der Waals surface area (Å²) in [5, 5.41) is 0. The van der Waals surface area contributed by atoms with E-state index in [1.165, 1.54) is 0 Å². The van der Waals surface area contributed by atoms with Gasteiger partial charge in [0.05, 0.1) is 6.54 Å². The van der Waals surface area contributed by atoms with Crippen LogP contribution in [-0.2, 0) is 6.54 Å². The Balaban J connectivity index is 0.00000324. The second-order valence-electron chi connectivity index (χ2n) is 4.47. The van der Waals surface area contributed by atoms with Crippen molar-refractivity contribution in [3.63, 3.8) is 0 Å². The van der Waals surface area contributed by atoms with Gasteiger partial charge in [0.1, 0.15) is 0 Å². The third kappa shape index (κ3) is 5.46. The van der Waals surface area contributed by atoms with E-state index in [1.807, 2.05) is 50.1 Å². The average Bonchev–Trinajstić information content (AvgIpc) is 2.28. The van der Waals surface area contributed by atoms with Gasteiger partial charge in [-0.15, -0.1) is 24.0 Å². The number of nitrogens with zero attached hydrogens (tertiary/aromatic N) is 3. The monoisotopic (exact) mass is 376 g/mol. The van der Waals surface area contributed by atoms with Crippen molar-refractivity contribution in [1.29, 1.82) is 0 Å². The molecule has 0 bridgehead atoms. The highest BCUT2D eigenvalue weighted by molar-refractivity contribution is 14.0. The highest BCUT2D eigenvalue weighted by atomic mass is 127. The summed E-state index contributed by atoms with van der Waals surface area (Å²) < 4.78 is 0. The molecule has 0 aliphatic heterocycles. The zero-order valence-corrected chi connectivity index (χ0v) is 14.1. The molecule has 1 aromatic carbocycles. The van der Waals surface area contributed by atoms with Crippen LogP contribution in [0.15, 0.2) is 29.3 Å². The molecule has 0 aliphatic carbocycles. The molecule has 0 saturated heterocycles. The van der Waals surface area contributed by atoms with Crippen LogP contribution in [0.3, 0.4) is 0 Å². The number of hydrogen-bond donors (Lipinski definition) is 1. The lowest BCUT2D eigenvalue weighted by Crippen LogP contribution is -2.35. The van der Waals surface area contributed by atoms with E-state index in [0.29, 0.717) is 12.1 Å². The molecule has 0 radical (unpaired) electrons. The number of aliphatic imine (C=N–C) groups is 1. The summed E-state index contributed by atoms with van der Waals surface area (Å²) >= 11 is 0. The number of hydrogen-bond acceptors (Lipinski definition) is 2. The predicted octanol–water partition coefficient (Wildman–Crippen LogP) is 1.38. The zero-order valence-electron chi connectivity index (χ0n) is 11.8. The van der Waals surface area contributed by atoms with Crippen LogP contribution < -0.4 is 5.73 Å². The third-order valence-corrected chi connectivity index (χ3v) is 2.41. The van der Waals surface area contributed by atoms with Gasteiger partial charge in [0.2, 0.25) is 5.91 Å². The lowest BCUT2D eigenvalue weighted by atomic mass is 10.1. The Hall–Kier alpha value is -1.31. The Morgan fingerprint density at radius 3 is 2.26 bits per heavy atom. The molecule has 2 N–H and O–H groups in total. The van der Waals surface area contributed by atoms with Gasteiger partial charge in [-0.25, -0.2) is 4.99 Å². The van der Waals surface area contributed by atoms with Crippen LogP contribution in [0.4, 0.5) is 0 Å². The van der Waals surface area contributed by atoms with Crippen LogP contribution in [-0.4, -0.2) is 49.9 Å².